The first-order valence-corrected chi connectivity index (χ1v) is 17.1. The zero-order valence-electron chi connectivity index (χ0n) is 27.5. The molecule has 3 heterocycles. The minimum Gasteiger partial charge on any atom is -0.324 e. The van der Waals surface area contributed by atoms with Gasteiger partial charge in [0.2, 0.25) is 6.29 Å². The molecule has 51 heavy (non-hydrogen) atoms. The van der Waals surface area contributed by atoms with Crippen molar-refractivity contribution >= 4 is 55.2 Å². The third-order valence-corrected chi connectivity index (χ3v) is 9.63. The van der Waals surface area contributed by atoms with Gasteiger partial charge in [-0.15, -0.1) is 0 Å². The van der Waals surface area contributed by atoms with E-state index in [1.807, 2.05) is 54.6 Å². The van der Waals surface area contributed by atoms with Gasteiger partial charge in [0.25, 0.3) is 0 Å². The molecule has 1 aliphatic heterocycles. The van der Waals surface area contributed by atoms with Crippen LogP contribution in [0.3, 0.4) is 0 Å². The molecule has 6 heteroatoms. The van der Waals surface area contributed by atoms with E-state index in [4.69, 9.17) is 20.0 Å². The van der Waals surface area contributed by atoms with Gasteiger partial charge in [-0.05, 0) is 47.2 Å². The summed E-state index contributed by atoms with van der Waals surface area (Å²) >= 11 is 0. The summed E-state index contributed by atoms with van der Waals surface area (Å²) in [6.07, 6.45) is -0.551. The van der Waals surface area contributed by atoms with E-state index in [9.17, 15) is 0 Å². The van der Waals surface area contributed by atoms with Gasteiger partial charge in [-0.25, -0.2) is 20.0 Å². The Bertz CT molecular complexity index is 2770. The fourth-order valence-electron chi connectivity index (χ4n) is 7.18. The number of aliphatic imine (C=N–C) groups is 2. The van der Waals surface area contributed by atoms with Crippen LogP contribution in [-0.2, 0) is 0 Å². The number of nitrogens with zero attached hydrogens (tertiary/aromatic N) is 5. The van der Waals surface area contributed by atoms with E-state index in [1.54, 1.807) is 0 Å². The zero-order chi connectivity index (χ0) is 33.7. The third-order valence-electron chi connectivity index (χ3n) is 9.63. The van der Waals surface area contributed by atoms with Crippen LogP contribution in [0.15, 0.2) is 180 Å². The normalized spacial score (nSPS) is 13.4. The molecule has 0 bridgehead atoms. The topological polar surface area (TPSA) is 67.5 Å². The van der Waals surface area contributed by atoms with Gasteiger partial charge in [0.15, 0.2) is 5.82 Å². The maximum Gasteiger partial charge on any atom is 0.224 e. The maximum atomic E-state index is 5.27. The summed E-state index contributed by atoms with van der Waals surface area (Å²) in [6, 6.07) is 58.7. The lowest BCUT2D eigenvalue weighted by molar-refractivity contribution is 0.575. The second kappa shape index (κ2) is 11.9. The largest absolute Gasteiger partial charge is 0.324 e. The van der Waals surface area contributed by atoms with Crippen molar-refractivity contribution in [2.45, 2.75) is 6.29 Å². The molecule has 0 atom stereocenters. The first kappa shape index (κ1) is 29.0. The minimum absolute atomic E-state index is 0.551. The van der Waals surface area contributed by atoms with Gasteiger partial charge in [-0.3, -0.25) is 4.57 Å². The van der Waals surface area contributed by atoms with Crippen molar-refractivity contribution in [3.05, 3.63) is 181 Å². The Kier molecular flexibility index (Phi) is 6.77. The highest BCUT2D eigenvalue weighted by Crippen LogP contribution is 2.39. The number of para-hydroxylation sites is 1. The first-order chi connectivity index (χ1) is 25.3. The standard InChI is InChI=1S/C45H30N6/c1-4-14-29(15-5-1)41-35-22-12-13-23-38(35)46-44(47-41)34-24-25-39-36(27-34)37-26-32-20-10-11-21-33(32)28-40(37)51(39)45-49-42(30-16-6-2-7-17-30)48-43(50-45)31-18-8-3-9-19-31/h1-28,45H,(H,48,49,50). The smallest absolute Gasteiger partial charge is 0.224 e. The van der Waals surface area contributed by atoms with Crippen LogP contribution >= 0.6 is 0 Å². The zero-order valence-corrected chi connectivity index (χ0v) is 27.5. The Morgan fingerprint density at radius 2 is 1.00 bits per heavy atom. The molecule has 240 valence electrons. The second-order valence-corrected chi connectivity index (χ2v) is 12.8. The molecule has 0 saturated carbocycles. The summed E-state index contributed by atoms with van der Waals surface area (Å²) in [5, 5.41) is 9.12. The van der Waals surface area contributed by atoms with E-state index in [-0.39, 0.29) is 0 Å². The molecule has 10 rings (SSSR count). The van der Waals surface area contributed by atoms with E-state index in [2.05, 4.69) is 125 Å². The van der Waals surface area contributed by atoms with Gasteiger partial charge in [0.05, 0.1) is 22.2 Å². The molecular weight excluding hydrogens is 625 g/mol. The summed E-state index contributed by atoms with van der Waals surface area (Å²) < 4.78 is 2.27. The molecule has 9 aromatic rings. The van der Waals surface area contributed by atoms with Crippen molar-refractivity contribution in [1.82, 2.24) is 19.9 Å². The molecule has 0 spiro atoms. The third kappa shape index (κ3) is 5.04. The van der Waals surface area contributed by atoms with Crippen LogP contribution < -0.4 is 5.32 Å². The Hall–Kier alpha value is -6.92. The summed E-state index contributed by atoms with van der Waals surface area (Å²) in [5.74, 6) is 2.24. The number of aromatic nitrogens is 3. The highest BCUT2D eigenvalue weighted by Gasteiger charge is 2.25. The van der Waals surface area contributed by atoms with Gasteiger partial charge >= 0.3 is 0 Å². The molecule has 2 aromatic heterocycles. The van der Waals surface area contributed by atoms with Crippen molar-refractivity contribution in [2.24, 2.45) is 9.98 Å². The van der Waals surface area contributed by atoms with Crippen LogP contribution in [0.5, 0.6) is 0 Å². The monoisotopic (exact) mass is 654 g/mol. The summed E-state index contributed by atoms with van der Waals surface area (Å²) in [5.41, 5.74) is 7.94. The van der Waals surface area contributed by atoms with Crippen LogP contribution in [0.2, 0.25) is 0 Å². The van der Waals surface area contributed by atoms with Crippen LogP contribution in [0.25, 0.3) is 66.1 Å². The number of hydrogen-bond acceptors (Lipinski definition) is 5. The molecule has 0 saturated heterocycles. The molecule has 0 fully saturated rings. The molecule has 0 radical (unpaired) electrons. The Balaban J connectivity index is 1.22. The predicted octanol–water partition coefficient (Wildman–Crippen LogP) is 10.2. The van der Waals surface area contributed by atoms with E-state index < -0.39 is 6.29 Å². The van der Waals surface area contributed by atoms with Gasteiger partial charge in [0.1, 0.15) is 11.7 Å². The summed E-state index contributed by atoms with van der Waals surface area (Å²) in [6.45, 7) is 0. The average molecular weight is 655 g/mol. The van der Waals surface area contributed by atoms with Crippen LogP contribution in [-0.4, -0.2) is 26.2 Å². The Morgan fingerprint density at radius 1 is 0.431 bits per heavy atom. The molecule has 1 aliphatic rings. The summed E-state index contributed by atoms with van der Waals surface area (Å²) in [4.78, 5) is 20.8. The Labute approximate surface area is 294 Å². The molecule has 7 aromatic carbocycles. The fraction of sp³-hybridized carbons (Fsp3) is 0.0222. The Morgan fingerprint density at radius 3 is 1.69 bits per heavy atom. The molecule has 0 amide bonds. The van der Waals surface area contributed by atoms with Crippen LogP contribution in [0.4, 0.5) is 0 Å². The quantitative estimate of drug-likeness (QED) is 0.201. The van der Waals surface area contributed by atoms with Crippen molar-refractivity contribution in [1.29, 1.82) is 0 Å². The first-order valence-electron chi connectivity index (χ1n) is 17.1. The number of rotatable bonds is 5. The van der Waals surface area contributed by atoms with Gasteiger partial charge in [0, 0.05) is 38.4 Å². The SMILES string of the molecule is c1ccc(C2=NC(n3c4ccc(-c5nc(-c6ccccc6)c6ccccc6n5)cc4c4cc5ccccc5cc43)N=C(c3ccccc3)N2)cc1. The van der Waals surface area contributed by atoms with Gasteiger partial charge in [-0.2, -0.15) is 0 Å². The summed E-state index contributed by atoms with van der Waals surface area (Å²) in [7, 11) is 0. The van der Waals surface area contributed by atoms with E-state index in [0.717, 1.165) is 77.7 Å². The van der Waals surface area contributed by atoms with Crippen molar-refractivity contribution < 1.29 is 0 Å². The number of fused-ring (bicyclic) bond motifs is 5. The van der Waals surface area contributed by atoms with Crippen molar-refractivity contribution in [3.63, 3.8) is 0 Å². The van der Waals surface area contributed by atoms with E-state index in [1.165, 1.54) is 5.39 Å². The lowest BCUT2D eigenvalue weighted by atomic mass is 10.0. The number of hydrogen-bond donors (Lipinski definition) is 1. The van der Waals surface area contributed by atoms with Crippen LogP contribution in [0, 0.1) is 0 Å². The fourth-order valence-corrected chi connectivity index (χ4v) is 7.18. The molecule has 1 N–H and O–H groups in total. The molecule has 0 aliphatic carbocycles. The van der Waals surface area contributed by atoms with E-state index >= 15 is 0 Å². The minimum atomic E-state index is -0.551. The highest BCUT2D eigenvalue weighted by molar-refractivity contribution is 6.17. The van der Waals surface area contributed by atoms with Crippen molar-refractivity contribution in [2.75, 3.05) is 0 Å². The van der Waals surface area contributed by atoms with Gasteiger partial charge < -0.3 is 5.32 Å². The highest BCUT2D eigenvalue weighted by atomic mass is 15.3. The second-order valence-electron chi connectivity index (χ2n) is 12.8. The average Bonchev–Trinajstić information content (AvgIpc) is 3.52. The molecular formula is C45H30N6. The maximum absolute atomic E-state index is 5.27. The van der Waals surface area contributed by atoms with Crippen LogP contribution in [0.1, 0.15) is 17.4 Å². The number of benzene rings is 7. The number of nitrogens with one attached hydrogen (secondary N) is 1. The van der Waals surface area contributed by atoms with Crippen molar-refractivity contribution in [3.8, 4) is 22.6 Å². The lowest BCUT2D eigenvalue weighted by Gasteiger charge is -2.24. The molecule has 6 nitrogen and oxygen atoms in total. The number of amidine groups is 2. The lowest BCUT2D eigenvalue weighted by Crippen LogP contribution is -2.36. The van der Waals surface area contributed by atoms with E-state index in [0.29, 0.717) is 5.82 Å². The molecule has 0 unspecified atom stereocenters. The van der Waals surface area contributed by atoms with Gasteiger partial charge in [-0.1, -0.05) is 133 Å². The predicted molar refractivity (Wildman–Crippen MR) is 209 cm³/mol.